The number of anilines is 1. The van der Waals surface area contributed by atoms with E-state index in [0.717, 1.165) is 12.2 Å². The molecule has 0 aliphatic heterocycles. The molecule has 0 unspecified atom stereocenters. The second-order valence-corrected chi connectivity index (χ2v) is 6.14. The molecule has 102 valence electrons. The molecule has 0 fully saturated rings. The topological polar surface area (TPSA) is 34.1 Å². The molecule has 20 heavy (non-hydrogen) atoms. The van der Waals surface area contributed by atoms with Crippen LogP contribution in [0.1, 0.15) is 4.88 Å². The number of methoxy groups -OCH3 is 1. The minimum Gasteiger partial charge on any atom is -0.480 e. The Morgan fingerprint density at radius 1 is 1.25 bits per heavy atom. The van der Waals surface area contributed by atoms with Gasteiger partial charge in [0.15, 0.2) is 0 Å². The normalized spacial score (nSPS) is 10.4. The number of nitrogens with zero attached hydrogens (tertiary/aromatic N) is 1. The fourth-order valence-corrected chi connectivity index (χ4v) is 3.53. The molecular weight excluding hydrogens is 288 g/mol. The molecule has 0 radical (unpaired) electrons. The van der Waals surface area contributed by atoms with Crippen LogP contribution in [-0.4, -0.2) is 12.1 Å². The Labute approximate surface area is 125 Å². The molecule has 0 bridgehead atoms. The molecule has 0 spiro atoms. The fraction of sp³-hybridized carbons (Fsp3) is 0.133. The minimum atomic E-state index is 0.627. The first-order valence-electron chi connectivity index (χ1n) is 6.21. The van der Waals surface area contributed by atoms with E-state index in [9.17, 15) is 0 Å². The SMILES string of the molecule is COc1ncccc1NCc1cc(-c2cccs2)cs1. The minimum absolute atomic E-state index is 0.627. The van der Waals surface area contributed by atoms with E-state index in [-0.39, 0.29) is 0 Å². The van der Waals surface area contributed by atoms with Gasteiger partial charge in [0.1, 0.15) is 0 Å². The highest BCUT2D eigenvalue weighted by Crippen LogP contribution is 2.30. The first-order chi connectivity index (χ1) is 9.86. The third-order valence-corrected chi connectivity index (χ3v) is 4.73. The van der Waals surface area contributed by atoms with Crippen molar-refractivity contribution in [1.29, 1.82) is 0 Å². The molecule has 0 aliphatic rings. The molecule has 3 aromatic rings. The number of thiophene rings is 2. The van der Waals surface area contributed by atoms with Crippen molar-refractivity contribution in [3.8, 4) is 16.3 Å². The van der Waals surface area contributed by atoms with Crippen LogP contribution in [0.15, 0.2) is 47.3 Å². The van der Waals surface area contributed by atoms with Gasteiger partial charge in [-0.15, -0.1) is 22.7 Å². The van der Waals surface area contributed by atoms with Crippen LogP contribution >= 0.6 is 22.7 Å². The van der Waals surface area contributed by atoms with Gasteiger partial charge in [-0.3, -0.25) is 0 Å². The number of nitrogens with one attached hydrogen (secondary N) is 1. The predicted octanol–water partition coefficient (Wildman–Crippen LogP) is 4.49. The van der Waals surface area contributed by atoms with Crippen LogP contribution in [0.4, 0.5) is 5.69 Å². The summed E-state index contributed by atoms with van der Waals surface area (Å²) in [6.07, 6.45) is 1.73. The summed E-state index contributed by atoms with van der Waals surface area (Å²) in [4.78, 5) is 6.78. The lowest BCUT2D eigenvalue weighted by atomic mass is 10.2. The summed E-state index contributed by atoms with van der Waals surface area (Å²) >= 11 is 3.53. The second kappa shape index (κ2) is 6.07. The van der Waals surface area contributed by atoms with Crippen LogP contribution in [0, 0.1) is 0 Å². The highest BCUT2D eigenvalue weighted by molar-refractivity contribution is 7.14. The third kappa shape index (κ3) is 2.84. The van der Waals surface area contributed by atoms with Crippen LogP contribution in [-0.2, 0) is 6.54 Å². The van der Waals surface area contributed by atoms with Crippen LogP contribution in [0.25, 0.3) is 10.4 Å². The molecule has 0 atom stereocenters. The molecule has 0 saturated carbocycles. The second-order valence-electron chi connectivity index (χ2n) is 4.19. The molecule has 5 heteroatoms. The number of hydrogen-bond acceptors (Lipinski definition) is 5. The Morgan fingerprint density at radius 2 is 2.20 bits per heavy atom. The Hall–Kier alpha value is -1.85. The molecule has 0 aromatic carbocycles. The molecule has 0 saturated heterocycles. The zero-order valence-corrected chi connectivity index (χ0v) is 12.6. The molecule has 0 aliphatic carbocycles. The zero-order valence-electron chi connectivity index (χ0n) is 11.0. The molecule has 3 aromatic heterocycles. The number of pyridine rings is 1. The van der Waals surface area contributed by atoms with Gasteiger partial charge in [0, 0.05) is 28.1 Å². The quantitative estimate of drug-likeness (QED) is 0.754. The van der Waals surface area contributed by atoms with E-state index in [1.54, 1.807) is 36.0 Å². The first kappa shape index (κ1) is 13.1. The van der Waals surface area contributed by atoms with Gasteiger partial charge in [-0.05, 0) is 35.0 Å². The van der Waals surface area contributed by atoms with Crippen molar-refractivity contribution in [3.63, 3.8) is 0 Å². The Balaban J connectivity index is 1.70. The van der Waals surface area contributed by atoms with Gasteiger partial charge in [-0.25, -0.2) is 4.98 Å². The van der Waals surface area contributed by atoms with E-state index in [4.69, 9.17) is 4.74 Å². The van der Waals surface area contributed by atoms with Gasteiger partial charge in [-0.2, -0.15) is 0 Å². The van der Waals surface area contributed by atoms with E-state index in [1.807, 2.05) is 12.1 Å². The third-order valence-electron chi connectivity index (χ3n) is 2.88. The summed E-state index contributed by atoms with van der Waals surface area (Å²) in [5.74, 6) is 0.627. The maximum absolute atomic E-state index is 5.23. The van der Waals surface area contributed by atoms with Gasteiger partial charge < -0.3 is 10.1 Å². The average molecular weight is 302 g/mol. The molecule has 3 rings (SSSR count). The monoisotopic (exact) mass is 302 g/mol. The van der Waals surface area contributed by atoms with Crippen molar-refractivity contribution < 1.29 is 4.74 Å². The van der Waals surface area contributed by atoms with Crippen molar-refractivity contribution in [3.05, 3.63) is 52.2 Å². The molecule has 1 N–H and O–H groups in total. The fourth-order valence-electron chi connectivity index (χ4n) is 1.92. The van der Waals surface area contributed by atoms with E-state index >= 15 is 0 Å². The lowest BCUT2D eigenvalue weighted by molar-refractivity contribution is 0.399. The highest BCUT2D eigenvalue weighted by atomic mass is 32.1. The molecule has 0 amide bonds. The van der Waals surface area contributed by atoms with Crippen molar-refractivity contribution in [2.45, 2.75) is 6.54 Å². The van der Waals surface area contributed by atoms with Crippen molar-refractivity contribution >= 4 is 28.4 Å². The number of rotatable bonds is 5. The van der Waals surface area contributed by atoms with Gasteiger partial charge in [-0.1, -0.05) is 6.07 Å². The smallest absolute Gasteiger partial charge is 0.237 e. The predicted molar refractivity (Wildman–Crippen MR) is 85.7 cm³/mol. The Morgan fingerprint density at radius 3 is 3.00 bits per heavy atom. The van der Waals surface area contributed by atoms with E-state index in [2.05, 4.69) is 39.3 Å². The van der Waals surface area contributed by atoms with Crippen LogP contribution in [0.5, 0.6) is 5.88 Å². The van der Waals surface area contributed by atoms with Gasteiger partial charge >= 0.3 is 0 Å². The summed E-state index contributed by atoms with van der Waals surface area (Å²) in [6.45, 7) is 0.776. The molecular formula is C15H14N2OS2. The van der Waals surface area contributed by atoms with E-state index in [0.29, 0.717) is 5.88 Å². The number of aromatic nitrogens is 1. The van der Waals surface area contributed by atoms with E-state index < -0.39 is 0 Å². The first-order valence-corrected chi connectivity index (χ1v) is 7.97. The van der Waals surface area contributed by atoms with Crippen LogP contribution < -0.4 is 10.1 Å². The zero-order chi connectivity index (χ0) is 13.8. The Bertz CT molecular complexity index is 677. The maximum Gasteiger partial charge on any atom is 0.237 e. The number of ether oxygens (including phenoxy) is 1. The summed E-state index contributed by atoms with van der Waals surface area (Å²) in [5.41, 5.74) is 2.21. The summed E-state index contributed by atoms with van der Waals surface area (Å²) in [5, 5.41) is 7.67. The highest BCUT2D eigenvalue weighted by Gasteiger charge is 2.06. The lowest BCUT2D eigenvalue weighted by Gasteiger charge is -2.08. The maximum atomic E-state index is 5.23. The van der Waals surface area contributed by atoms with E-state index in [1.165, 1.54) is 15.3 Å². The van der Waals surface area contributed by atoms with Crippen molar-refractivity contribution in [2.75, 3.05) is 12.4 Å². The standard InChI is InChI=1S/C15H14N2OS2/c1-18-15-13(4-2-6-16-15)17-9-12-8-11(10-20-12)14-5-3-7-19-14/h2-8,10,17H,9H2,1H3. The largest absolute Gasteiger partial charge is 0.480 e. The van der Waals surface area contributed by atoms with Crippen LogP contribution in [0.2, 0.25) is 0 Å². The van der Waals surface area contributed by atoms with Gasteiger partial charge in [0.2, 0.25) is 5.88 Å². The summed E-state index contributed by atoms with van der Waals surface area (Å²) in [6, 6.07) is 10.3. The average Bonchev–Trinajstić information content (AvgIpc) is 3.16. The van der Waals surface area contributed by atoms with Crippen LogP contribution in [0.3, 0.4) is 0 Å². The number of hydrogen-bond donors (Lipinski definition) is 1. The van der Waals surface area contributed by atoms with Gasteiger partial charge in [0.25, 0.3) is 0 Å². The van der Waals surface area contributed by atoms with Gasteiger partial charge in [0.05, 0.1) is 12.8 Å². The lowest BCUT2D eigenvalue weighted by Crippen LogP contribution is -2.00. The summed E-state index contributed by atoms with van der Waals surface area (Å²) in [7, 11) is 1.63. The van der Waals surface area contributed by atoms with Crippen molar-refractivity contribution in [2.24, 2.45) is 0 Å². The molecule has 3 heterocycles. The molecule has 3 nitrogen and oxygen atoms in total. The van der Waals surface area contributed by atoms with Crippen molar-refractivity contribution in [1.82, 2.24) is 4.98 Å². The summed E-state index contributed by atoms with van der Waals surface area (Å²) < 4.78 is 5.23. The Kier molecular flexibility index (Phi) is 3.99.